The summed E-state index contributed by atoms with van der Waals surface area (Å²) >= 11 is 11.7. The third kappa shape index (κ3) is 2.60. The summed E-state index contributed by atoms with van der Waals surface area (Å²) < 4.78 is 13.0. The molecule has 7 heteroatoms. The Bertz CT molecular complexity index is 550. The fourth-order valence-corrected chi connectivity index (χ4v) is 3.29. The third-order valence-electron chi connectivity index (χ3n) is 4.16. The minimum atomic E-state index is -0.277. The van der Waals surface area contributed by atoms with Gasteiger partial charge in [-0.1, -0.05) is 23.2 Å². The first kappa shape index (κ1) is 14.3. The highest BCUT2D eigenvalue weighted by atomic mass is 35.5. The van der Waals surface area contributed by atoms with Crippen LogP contribution in [0.2, 0.25) is 10.2 Å². The molecule has 1 spiro atoms. The van der Waals surface area contributed by atoms with Crippen molar-refractivity contribution in [1.29, 1.82) is 0 Å². The maximum atomic E-state index is 12.2. The molecule has 0 aromatic carbocycles. The number of hydrogen-bond donors (Lipinski definition) is 0. The van der Waals surface area contributed by atoms with Crippen molar-refractivity contribution in [3.05, 3.63) is 26.9 Å². The van der Waals surface area contributed by atoms with Gasteiger partial charge in [0.15, 0.2) is 5.15 Å². The predicted octanol–water partition coefficient (Wildman–Crippen LogP) is 2.45. The van der Waals surface area contributed by atoms with Crippen LogP contribution in [0, 0.1) is 0 Å². The Balaban J connectivity index is 1.87. The molecule has 0 radical (unpaired) electrons. The van der Waals surface area contributed by atoms with Crippen LogP contribution in [0.25, 0.3) is 0 Å². The van der Waals surface area contributed by atoms with Crippen molar-refractivity contribution in [2.24, 2.45) is 0 Å². The van der Waals surface area contributed by atoms with Gasteiger partial charge < -0.3 is 9.47 Å². The van der Waals surface area contributed by atoms with E-state index in [0.29, 0.717) is 19.8 Å². The molecular weight excluding hydrogens is 303 g/mol. The topological polar surface area (TPSA) is 53.4 Å². The normalized spacial score (nSPS) is 25.8. The van der Waals surface area contributed by atoms with Gasteiger partial charge in [-0.15, -0.1) is 0 Å². The summed E-state index contributed by atoms with van der Waals surface area (Å²) in [6.45, 7) is 2.06. The Morgan fingerprint density at radius 3 is 2.80 bits per heavy atom. The fraction of sp³-hybridized carbons (Fsp3) is 0.692. The van der Waals surface area contributed by atoms with Crippen LogP contribution in [0.4, 0.5) is 0 Å². The Kier molecular flexibility index (Phi) is 4.04. The van der Waals surface area contributed by atoms with E-state index in [2.05, 4.69) is 4.98 Å². The maximum Gasteiger partial charge on any atom is 0.273 e. The molecular formula is C13H16Cl2N2O3. The first-order valence-electron chi connectivity index (χ1n) is 6.75. The van der Waals surface area contributed by atoms with Gasteiger partial charge in [0.2, 0.25) is 0 Å². The average Bonchev–Trinajstić information content (AvgIpc) is 2.46. The van der Waals surface area contributed by atoms with Crippen molar-refractivity contribution in [3.8, 4) is 0 Å². The molecule has 1 aromatic rings. The van der Waals surface area contributed by atoms with Gasteiger partial charge in [-0.2, -0.15) is 0 Å². The molecule has 2 aliphatic rings. The van der Waals surface area contributed by atoms with Crippen molar-refractivity contribution in [2.45, 2.75) is 37.3 Å². The van der Waals surface area contributed by atoms with Gasteiger partial charge >= 0.3 is 0 Å². The average molecular weight is 319 g/mol. The summed E-state index contributed by atoms with van der Waals surface area (Å²) in [4.78, 5) is 16.2. The van der Waals surface area contributed by atoms with Crippen LogP contribution in [-0.4, -0.2) is 35.0 Å². The highest BCUT2D eigenvalue weighted by Gasteiger charge is 2.40. The molecule has 2 saturated heterocycles. The molecule has 3 heterocycles. The van der Waals surface area contributed by atoms with Crippen molar-refractivity contribution in [1.82, 2.24) is 9.55 Å². The molecule has 1 unspecified atom stereocenters. The van der Waals surface area contributed by atoms with Gasteiger partial charge in [0.25, 0.3) is 5.56 Å². The van der Waals surface area contributed by atoms with E-state index in [0.717, 1.165) is 25.7 Å². The second-order valence-corrected chi connectivity index (χ2v) is 6.09. The Morgan fingerprint density at radius 1 is 1.30 bits per heavy atom. The van der Waals surface area contributed by atoms with Crippen LogP contribution < -0.4 is 5.56 Å². The number of nitrogens with zero attached hydrogens (tertiary/aromatic N) is 2. The van der Waals surface area contributed by atoms with Crippen LogP contribution in [0.3, 0.4) is 0 Å². The van der Waals surface area contributed by atoms with Crippen LogP contribution in [0.5, 0.6) is 0 Å². The van der Waals surface area contributed by atoms with Gasteiger partial charge in [-0.3, -0.25) is 9.36 Å². The van der Waals surface area contributed by atoms with Gasteiger partial charge in [-0.25, -0.2) is 4.98 Å². The minimum absolute atomic E-state index is 0.0123. The zero-order chi connectivity index (χ0) is 14.2. The van der Waals surface area contributed by atoms with Gasteiger partial charge in [0.05, 0.1) is 11.9 Å². The molecule has 0 bridgehead atoms. The molecule has 0 aliphatic carbocycles. The third-order valence-corrected chi connectivity index (χ3v) is 4.89. The van der Waals surface area contributed by atoms with E-state index in [-0.39, 0.29) is 27.4 Å². The highest BCUT2D eigenvalue weighted by molar-refractivity contribution is 6.40. The molecule has 5 nitrogen and oxygen atoms in total. The van der Waals surface area contributed by atoms with Gasteiger partial charge in [0, 0.05) is 25.9 Å². The van der Waals surface area contributed by atoms with E-state index in [9.17, 15) is 4.79 Å². The summed E-state index contributed by atoms with van der Waals surface area (Å²) in [6, 6.07) is 0.0524. The van der Waals surface area contributed by atoms with Crippen LogP contribution in [0.1, 0.15) is 31.7 Å². The second-order valence-electron chi connectivity index (χ2n) is 5.35. The zero-order valence-electron chi connectivity index (χ0n) is 11.0. The molecule has 0 amide bonds. The molecule has 3 rings (SSSR count). The summed E-state index contributed by atoms with van der Waals surface area (Å²) in [5.41, 5.74) is -0.451. The number of rotatable bonds is 1. The number of hydrogen-bond acceptors (Lipinski definition) is 4. The van der Waals surface area contributed by atoms with Crippen molar-refractivity contribution in [3.63, 3.8) is 0 Å². The summed E-state index contributed by atoms with van der Waals surface area (Å²) in [6.07, 6.45) is 4.79. The lowest BCUT2D eigenvalue weighted by Gasteiger charge is -2.43. The minimum Gasteiger partial charge on any atom is -0.381 e. The Morgan fingerprint density at radius 2 is 2.05 bits per heavy atom. The SMILES string of the molecule is O=c1c(Cl)c(Cl)ncn1C1CCOC2(CCOCC2)C1. The van der Waals surface area contributed by atoms with E-state index in [1.165, 1.54) is 6.33 Å². The van der Waals surface area contributed by atoms with Crippen LogP contribution >= 0.6 is 23.2 Å². The molecule has 2 aliphatic heterocycles. The number of ether oxygens (including phenoxy) is 2. The van der Waals surface area contributed by atoms with Crippen LogP contribution in [-0.2, 0) is 9.47 Å². The quantitative estimate of drug-likeness (QED) is 0.746. The van der Waals surface area contributed by atoms with Gasteiger partial charge in [0.1, 0.15) is 5.02 Å². The molecule has 20 heavy (non-hydrogen) atoms. The number of aromatic nitrogens is 2. The van der Waals surface area contributed by atoms with E-state index in [1.54, 1.807) is 4.57 Å². The standard InChI is InChI=1S/C13H16Cl2N2O3/c14-10-11(15)16-8-17(12(10)18)9-1-4-20-13(7-9)2-5-19-6-3-13/h8-9H,1-7H2. The molecule has 0 N–H and O–H groups in total. The lowest BCUT2D eigenvalue weighted by molar-refractivity contribution is -0.144. The van der Waals surface area contributed by atoms with E-state index in [1.807, 2.05) is 0 Å². The lowest BCUT2D eigenvalue weighted by Crippen LogP contribution is -2.46. The Hall–Kier alpha value is -0.620. The molecule has 1 aromatic heterocycles. The zero-order valence-corrected chi connectivity index (χ0v) is 12.5. The predicted molar refractivity (Wildman–Crippen MR) is 75.5 cm³/mol. The van der Waals surface area contributed by atoms with Crippen molar-refractivity contribution >= 4 is 23.2 Å². The van der Waals surface area contributed by atoms with Crippen LogP contribution in [0.15, 0.2) is 11.1 Å². The lowest BCUT2D eigenvalue weighted by atomic mass is 9.84. The van der Waals surface area contributed by atoms with Crippen molar-refractivity contribution in [2.75, 3.05) is 19.8 Å². The summed E-state index contributed by atoms with van der Waals surface area (Å²) in [5.74, 6) is 0. The monoisotopic (exact) mass is 318 g/mol. The van der Waals surface area contributed by atoms with E-state index < -0.39 is 0 Å². The highest BCUT2D eigenvalue weighted by Crippen LogP contribution is 2.38. The van der Waals surface area contributed by atoms with E-state index in [4.69, 9.17) is 32.7 Å². The van der Waals surface area contributed by atoms with E-state index >= 15 is 0 Å². The summed E-state index contributed by atoms with van der Waals surface area (Å²) in [7, 11) is 0. The van der Waals surface area contributed by atoms with Crippen molar-refractivity contribution < 1.29 is 9.47 Å². The molecule has 2 fully saturated rings. The molecule has 1 atom stereocenters. The largest absolute Gasteiger partial charge is 0.381 e. The fourth-order valence-electron chi connectivity index (χ4n) is 3.01. The Labute approximate surface area is 126 Å². The second kappa shape index (κ2) is 5.64. The number of halogens is 2. The molecule has 0 saturated carbocycles. The maximum absolute atomic E-state index is 12.2. The smallest absolute Gasteiger partial charge is 0.273 e. The van der Waals surface area contributed by atoms with Gasteiger partial charge in [-0.05, 0) is 25.7 Å². The summed E-state index contributed by atoms with van der Waals surface area (Å²) in [5, 5.41) is 0.0439. The first-order valence-corrected chi connectivity index (χ1v) is 7.51. The molecule has 110 valence electrons. The first-order chi connectivity index (χ1) is 9.61.